The number of allylic oxidation sites excluding steroid dienone is 2. The minimum atomic E-state index is -4.15. The Morgan fingerprint density at radius 1 is 0.881 bits per heavy atom. The van der Waals surface area contributed by atoms with Crippen LogP contribution in [-0.4, -0.2) is 72.7 Å². The first-order chi connectivity index (χ1) is 19.8. The van der Waals surface area contributed by atoms with Crippen molar-refractivity contribution in [2.45, 2.75) is 144 Å². The van der Waals surface area contributed by atoms with Gasteiger partial charge in [0.05, 0.1) is 36.3 Å². The van der Waals surface area contributed by atoms with Crippen LogP contribution in [0.1, 0.15) is 138 Å². The number of hydrogen-bond donors (Lipinski definition) is 0. The van der Waals surface area contributed by atoms with Gasteiger partial charge in [-0.3, -0.25) is 4.79 Å². The van der Waals surface area contributed by atoms with E-state index in [0.29, 0.717) is 38.0 Å². The molecule has 0 N–H and O–H groups in total. The second kappa shape index (κ2) is 16.8. The van der Waals surface area contributed by atoms with E-state index in [9.17, 15) is 17.8 Å². The van der Waals surface area contributed by atoms with Gasteiger partial charge in [0.15, 0.2) is 0 Å². The summed E-state index contributed by atoms with van der Waals surface area (Å²) in [6.07, 6.45) is 19.7. The lowest BCUT2D eigenvalue weighted by Gasteiger charge is -2.52. The lowest BCUT2D eigenvalue weighted by atomic mass is 9.53. The van der Waals surface area contributed by atoms with Crippen molar-refractivity contribution in [3.8, 4) is 0 Å². The maximum atomic E-state index is 12.4. The summed E-state index contributed by atoms with van der Waals surface area (Å²) in [4.78, 5) is 14.7. The van der Waals surface area contributed by atoms with Crippen LogP contribution < -0.4 is 0 Å². The van der Waals surface area contributed by atoms with Crippen LogP contribution >= 0.6 is 0 Å². The molecule has 0 aromatic carbocycles. The second-order valence-corrected chi connectivity index (χ2v) is 15.7. The number of carbonyl (C=O) groups excluding carboxylic acids is 1. The predicted octanol–water partition coefficient (Wildman–Crippen LogP) is 8.00. The number of quaternary nitrogens is 1. The number of rotatable bonds is 17. The van der Waals surface area contributed by atoms with Gasteiger partial charge in [-0.05, 0) is 68.4 Å². The van der Waals surface area contributed by atoms with E-state index in [0.717, 1.165) is 12.8 Å². The number of ketones is 1. The fraction of sp³-hybridized carbons (Fsp3) is 0.857. The summed E-state index contributed by atoms with van der Waals surface area (Å²) < 4.78 is 33.9. The monoisotopic (exact) mass is 608 g/mol. The van der Waals surface area contributed by atoms with Crippen molar-refractivity contribution >= 4 is 15.9 Å². The van der Waals surface area contributed by atoms with Crippen molar-refractivity contribution in [2.24, 2.45) is 10.8 Å². The Balaban J connectivity index is 0.000000319. The van der Waals surface area contributed by atoms with Gasteiger partial charge in [-0.2, -0.15) is 0 Å². The molecule has 2 unspecified atom stereocenters. The first kappa shape index (κ1) is 37.0. The van der Waals surface area contributed by atoms with Crippen LogP contribution in [0.15, 0.2) is 23.4 Å². The van der Waals surface area contributed by atoms with E-state index in [-0.39, 0.29) is 22.6 Å². The van der Waals surface area contributed by atoms with Gasteiger partial charge in [0, 0.05) is 42.3 Å². The first-order valence-corrected chi connectivity index (χ1v) is 18.9. The molecular formula is C35H64N2O4S. The van der Waals surface area contributed by atoms with Crippen LogP contribution in [0.25, 0.3) is 0 Å². The number of hydrogen-bond acceptors (Lipinski definition) is 5. The van der Waals surface area contributed by atoms with Gasteiger partial charge in [-0.1, -0.05) is 80.2 Å². The molecule has 3 aliphatic rings. The normalized spacial score (nSPS) is 23.5. The molecule has 1 heterocycles. The molecule has 42 heavy (non-hydrogen) atoms. The van der Waals surface area contributed by atoms with Crippen LogP contribution in [0.3, 0.4) is 0 Å². The largest absolute Gasteiger partial charge is 0.748 e. The molecule has 6 nitrogen and oxygen atoms in total. The Hall–Kier alpha value is -1.18. The van der Waals surface area contributed by atoms with Crippen molar-refractivity contribution in [2.75, 3.05) is 38.5 Å². The SMILES string of the molecule is CC1(C)CC(=O)CC2N(CCCCS(=O)(=O)[O-])C3=C(CCC=C3)C21C.CCCC[N+](CCCC)(CCCC)CCCC. The third-order valence-electron chi connectivity index (χ3n) is 10.6. The van der Waals surface area contributed by atoms with E-state index >= 15 is 0 Å². The standard InChI is InChI=1S/C19H29NO4S.C16H36N/c1-18(2)13-14(21)12-17-19(18,3)15-8-4-5-9-16(15)20(17)10-6-7-11-25(22,23)24;1-5-9-13-17(14-10-6-2,15-11-7-3)16-12-8-4/h5,9,17H,4,6-8,10-13H2,1-3H3,(H,22,23,24);5-16H2,1-4H3/q;+1/p-1. The highest BCUT2D eigenvalue weighted by atomic mass is 32.2. The minimum absolute atomic E-state index is 0.0361. The maximum absolute atomic E-state index is 12.4. The smallest absolute Gasteiger partial charge is 0.135 e. The molecule has 1 saturated carbocycles. The highest BCUT2D eigenvalue weighted by Crippen LogP contribution is 2.61. The molecule has 244 valence electrons. The van der Waals surface area contributed by atoms with E-state index in [2.05, 4.69) is 65.5 Å². The molecule has 2 aliphatic carbocycles. The summed E-state index contributed by atoms with van der Waals surface area (Å²) in [5, 5.41) is 0. The quantitative estimate of drug-likeness (QED) is 0.0950. The number of nitrogens with zero attached hydrogens (tertiary/aromatic N) is 2. The number of fused-ring (bicyclic) bond motifs is 2. The van der Waals surface area contributed by atoms with Gasteiger partial charge in [-0.15, -0.1) is 0 Å². The van der Waals surface area contributed by atoms with Crippen LogP contribution in [0, 0.1) is 10.8 Å². The van der Waals surface area contributed by atoms with Crippen molar-refractivity contribution < 1.29 is 22.2 Å². The molecule has 0 amide bonds. The van der Waals surface area contributed by atoms with Gasteiger partial charge in [0.2, 0.25) is 0 Å². The Bertz CT molecular complexity index is 978. The third-order valence-corrected chi connectivity index (χ3v) is 11.4. The average Bonchev–Trinajstić information content (AvgIpc) is 3.18. The molecule has 0 saturated heterocycles. The lowest BCUT2D eigenvalue weighted by molar-refractivity contribution is -0.929. The molecule has 0 spiro atoms. The zero-order chi connectivity index (χ0) is 31.4. The lowest BCUT2D eigenvalue weighted by Crippen LogP contribution is -2.54. The molecule has 1 aliphatic heterocycles. The van der Waals surface area contributed by atoms with E-state index < -0.39 is 10.1 Å². The number of Topliss-reactive ketones (excluding diaryl/α,β-unsaturated/α-hetero) is 1. The van der Waals surface area contributed by atoms with E-state index in [1.54, 1.807) is 0 Å². The van der Waals surface area contributed by atoms with Gasteiger partial charge >= 0.3 is 0 Å². The van der Waals surface area contributed by atoms with Crippen molar-refractivity contribution in [3.05, 3.63) is 23.4 Å². The fourth-order valence-electron chi connectivity index (χ4n) is 7.75. The summed E-state index contributed by atoms with van der Waals surface area (Å²) in [7, 11) is -4.15. The minimum Gasteiger partial charge on any atom is -0.748 e. The van der Waals surface area contributed by atoms with Crippen LogP contribution in [-0.2, 0) is 14.9 Å². The van der Waals surface area contributed by atoms with E-state index in [4.69, 9.17) is 0 Å². The molecule has 2 atom stereocenters. The molecule has 3 rings (SSSR count). The van der Waals surface area contributed by atoms with Gasteiger partial charge in [-0.25, -0.2) is 8.42 Å². The van der Waals surface area contributed by atoms with Crippen LogP contribution in [0.5, 0.6) is 0 Å². The summed E-state index contributed by atoms with van der Waals surface area (Å²) in [5.74, 6) is -0.00183. The Kier molecular flexibility index (Phi) is 14.8. The molecule has 0 aromatic rings. The highest BCUT2D eigenvalue weighted by molar-refractivity contribution is 7.85. The fourth-order valence-corrected chi connectivity index (χ4v) is 8.30. The molecular weight excluding hydrogens is 544 g/mol. The second-order valence-electron chi connectivity index (χ2n) is 14.1. The van der Waals surface area contributed by atoms with Crippen molar-refractivity contribution in [3.63, 3.8) is 0 Å². The van der Waals surface area contributed by atoms with Crippen LogP contribution in [0.4, 0.5) is 0 Å². The molecule has 0 aromatic heterocycles. The summed E-state index contributed by atoms with van der Waals surface area (Å²) in [6.45, 7) is 22.4. The Morgan fingerprint density at radius 2 is 1.40 bits per heavy atom. The van der Waals surface area contributed by atoms with Crippen molar-refractivity contribution in [1.29, 1.82) is 0 Å². The van der Waals surface area contributed by atoms with Crippen molar-refractivity contribution in [1.82, 2.24) is 4.90 Å². The molecule has 1 fully saturated rings. The summed E-state index contributed by atoms with van der Waals surface area (Å²) in [6, 6.07) is 0.139. The molecule has 0 radical (unpaired) electrons. The zero-order valence-electron chi connectivity index (χ0n) is 28.3. The predicted molar refractivity (Wildman–Crippen MR) is 175 cm³/mol. The summed E-state index contributed by atoms with van der Waals surface area (Å²) in [5.41, 5.74) is 2.55. The zero-order valence-corrected chi connectivity index (χ0v) is 29.1. The van der Waals surface area contributed by atoms with E-state index in [1.807, 2.05) is 0 Å². The topological polar surface area (TPSA) is 77.5 Å². The Morgan fingerprint density at radius 3 is 1.88 bits per heavy atom. The summed E-state index contributed by atoms with van der Waals surface area (Å²) >= 11 is 0. The average molecular weight is 609 g/mol. The number of unbranched alkanes of at least 4 members (excludes halogenated alkanes) is 5. The first-order valence-electron chi connectivity index (χ1n) is 17.3. The van der Waals surface area contributed by atoms with Gasteiger partial charge in [0.1, 0.15) is 5.78 Å². The third kappa shape index (κ3) is 9.66. The highest BCUT2D eigenvalue weighted by Gasteiger charge is 2.59. The van der Waals surface area contributed by atoms with Gasteiger partial charge in [0.25, 0.3) is 0 Å². The van der Waals surface area contributed by atoms with E-state index in [1.165, 1.54) is 93.3 Å². The molecule has 7 heteroatoms. The Labute approximate surface area is 259 Å². The molecule has 0 bridgehead atoms. The van der Waals surface area contributed by atoms with Gasteiger partial charge < -0.3 is 13.9 Å². The maximum Gasteiger partial charge on any atom is 0.135 e. The van der Waals surface area contributed by atoms with Crippen LogP contribution in [0.2, 0.25) is 0 Å². The number of carbonyl (C=O) groups is 1.